The van der Waals surface area contributed by atoms with Crippen LogP contribution in [0, 0.1) is 12.8 Å². The molecule has 4 nitrogen and oxygen atoms in total. The summed E-state index contributed by atoms with van der Waals surface area (Å²) in [6.45, 7) is 9.96. The molecule has 1 N–H and O–H groups in total. The van der Waals surface area contributed by atoms with Crippen LogP contribution in [0.25, 0.3) is 0 Å². The molecule has 1 unspecified atom stereocenters. The molecule has 1 rings (SSSR count). The highest BCUT2D eigenvalue weighted by molar-refractivity contribution is 5.93. The van der Waals surface area contributed by atoms with Crippen LogP contribution < -0.4 is 5.32 Å². The van der Waals surface area contributed by atoms with Gasteiger partial charge in [0.25, 0.3) is 5.91 Å². The molecule has 0 aliphatic rings. The van der Waals surface area contributed by atoms with E-state index >= 15 is 0 Å². The van der Waals surface area contributed by atoms with Crippen molar-refractivity contribution in [2.45, 2.75) is 47.1 Å². The number of nitrogens with one attached hydrogen (secondary N) is 1. The minimum absolute atomic E-state index is 0.133. The van der Waals surface area contributed by atoms with Crippen LogP contribution in [0.4, 0.5) is 0 Å². The van der Waals surface area contributed by atoms with E-state index in [1.807, 2.05) is 20.8 Å². The zero-order chi connectivity index (χ0) is 12.3. The van der Waals surface area contributed by atoms with Gasteiger partial charge in [0.05, 0.1) is 0 Å². The van der Waals surface area contributed by atoms with Crippen LogP contribution in [-0.2, 0) is 6.42 Å². The summed E-state index contributed by atoms with van der Waals surface area (Å²) in [5.74, 6) is 1.03. The molecule has 90 valence electrons. The molecule has 0 saturated heterocycles. The molecule has 1 aromatic heterocycles. The second kappa shape index (κ2) is 5.14. The number of rotatable bonds is 4. The van der Waals surface area contributed by atoms with Gasteiger partial charge < -0.3 is 9.84 Å². The van der Waals surface area contributed by atoms with Crippen molar-refractivity contribution in [2.24, 2.45) is 5.92 Å². The maximum atomic E-state index is 11.9. The second-order valence-corrected chi connectivity index (χ2v) is 4.44. The van der Waals surface area contributed by atoms with Gasteiger partial charge in [0.1, 0.15) is 5.76 Å². The third-order valence-electron chi connectivity index (χ3n) is 2.92. The Morgan fingerprint density at radius 1 is 1.44 bits per heavy atom. The molecule has 1 heterocycles. The molecule has 0 saturated carbocycles. The van der Waals surface area contributed by atoms with Gasteiger partial charge in [-0.15, -0.1) is 0 Å². The van der Waals surface area contributed by atoms with Crippen LogP contribution in [0.15, 0.2) is 4.52 Å². The summed E-state index contributed by atoms with van der Waals surface area (Å²) < 4.78 is 5.10. The molecule has 0 aliphatic heterocycles. The van der Waals surface area contributed by atoms with Crippen LogP contribution in [0.5, 0.6) is 0 Å². The molecular formula is C12H20N2O2. The third kappa shape index (κ3) is 2.62. The minimum atomic E-state index is -0.151. The van der Waals surface area contributed by atoms with Crippen LogP contribution >= 0.6 is 0 Å². The van der Waals surface area contributed by atoms with E-state index in [1.165, 1.54) is 0 Å². The minimum Gasteiger partial charge on any atom is -0.360 e. The molecule has 0 aromatic carbocycles. The summed E-state index contributed by atoms with van der Waals surface area (Å²) in [5.41, 5.74) is 1.25. The van der Waals surface area contributed by atoms with E-state index < -0.39 is 0 Å². The topological polar surface area (TPSA) is 55.1 Å². The van der Waals surface area contributed by atoms with Gasteiger partial charge in [-0.25, -0.2) is 0 Å². The van der Waals surface area contributed by atoms with Gasteiger partial charge in [0.2, 0.25) is 0 Å². The first-order valence-electron chi connectivity index (χ1n) is 5.73. The molecule has 16 heavy (non-hydrogen) atoms. The largest absolute Gasteiger partial charge is 0.360 e. The lowest BCUT2D eigenvalue weighted by Crippen LogP contribution is -2.36. The van der Waals surface area contributed by atoms with E-state index in [2.05, 4.69) is 24.3 Å². The number of aryl methyl sites for hydroxylation is 1. The van der Waals surface area contributed by atoms with Gasteiger partial charge in [-0.3, -0.25) is 4.79 Å². The zero-order valence-corrected chi connectivity index (χ0v) is 10.6. The van der Waals surface area contributed by atoms with Crippen LogP contribution in [0.3, 0.4) is 0 Å². The smallest absolute Gasteiger partial charge is 0.273 e. The van der Waals surface area contributed by atoms with Gasteiger partial charge in [0.15, 0.2) is 5.69 Å². The van der Waals surface area contributed by atoms with Crippen molar-refractivity contribution in [3.05, 3.63) is 17.0 Å². The fraction of sp³-hybridized carbons (Fsp3) is 0.667. The molecule has 4 heteroatoms. The Morgan fingerprint density at radius 3 is 2.50 bits per heavy atom. The molecular weight excluding hydrogens is 204 g/mol. The number of aromatic nitrogens is 1. The van der Waals surface area contributed by atoms with E-state index in [-0.39, 0.29) is 11.9 Å². The van der Waals surface area contributed by atoms with Gasteiger partial charge in [-0.05, 0) is 19.8 Å². The Balaban J connectivity index is 2.77. The van der Waals surface area contributed by atoms with Crippen molar-refractivity contribution in [1.82, 2.24) is 10.5 Å². The van der Waals surface area contributed by atoms with Crippen molar-refractivity contribution in [1.29, 1.82) is 0 Å². The highest BCUT2D eigenvalue weighted by Gasteiger charge is 2.19. The van der Waals surface area contributed by atoms with Crippen molar-refractivity contribution >= 4 is 5.91 Å². The number of hydrogen-bond acceptors (Lipinski definition) is 3. The van der Waals surface area contributed by atoms with Gasteiger partial charge in [-0.2, -0.15) is 0 Å². The summed E-state index contributed by atoms with van der Waals surface area (Å²) in [5, 5.41) is 6.72. The predicted octanol–water partition coefficient (Wildman–Crippen LogP) is 2.32. The van der Waals surface area contributed by atoms with Crippen LogP contribution in [0.1, 0.15) is 49.5 Å². The highest BCUT2D eigenvalue weighted by Crippen LogP contribution is 2.13. The number of carbonyl (C=O) groups is 1. The lowest BCUT2D eigenvalue weighted by molar-refractivity contribution is 0.0920. The molecule has 0 bridgehead atoms. The van der Waals surface area contributed by atoms with Crippen molar-refractivity contribution in [2.75, 3.05) is 0 Å². The summed E-state index contributed by atoms with van der Waals surface area (Å²) in [7, 11) is 0. The first kappa shape index (κ1) is 12.7. The Hall–Kier alpha value is -1.32. The fourth-order valence-corrected chi connectivity index (χ4v) is 1.35. The average molecular weight is 224 g/mol. The Morgan fingerprint density at radius 2 is 2.06 bits per heavy atom. The lowest BCUT2D eigenvalue weighted by atomic mass is 10.1. The molecule has 0 spiro atoms. The zero-order valence-electron chi connectivity index (χ0n) is 10.6. The summed E-state index contributed by atoms with van der Waals surface area (Å²) in [6.07, 6.45) is 0.756. The van der Waals surface area contributed by atoms with Gasteiger partial charge >= 0.3 is 0 Å². The number of nitrogens with zero attached hydrogens (tertiary/aromatic N) is 1. The summed E-state index contributed by atoms with van der Waals surface area (Å²) in [6, 6.07) is 0.133. The lowest BCUT2D eigenvalue weighted by Gasteiger charge is -2.16. The SMILES string of the molecule is CCc1onc(C(=O)NC(C)C(C)C)c1C. The highest BCUT2D eigenvalue weighted by atomic mass is 16.5. The molecule has 0 aliphatic carbocycles. The standard InChI is InChI=1S/C12H20N2O2/c1-6-10-8(4)11(14-16-10)12(15)13-9(5)7(2)3/h7,9H,6H2,1-5H3,(H,13,15). The summed E-state index contributed by atoms with van der Waals surface area (Å²) in [4.78, 5) is 11.9. The molecule has 1 aromatic rings. The molecule has 1 amide bonds. The third-order valence-corrected chi connectivity index (χ3v) is 2.92. The van der Waals surface area contributed by atoms with E-state index in [9.17, 15) is 4.79 Å². The second-order valence-electron chi connectivity index (χ2n) is 4.44. The van der Waals surface area contributed by atoms with E-state index in [0.29, 0.717) is 11.6 Å². The molecule has 0 radical (unpaired) electrons. The quantitative estimate of drug-likeness (QED) is 0.854. The number of hydrogen-bond donors (Lipinski definition) is 1. The fourth-order valence-electron chi connectivity index (χ4n) is 1.35. The Labute approximate surface area is 96.4 Å². The van der Waals surface area contributed by atoms with Crippen molar-refractivity contribution < 1.29 is 9.32 Å². The Bertz CT molecular complexity index is 369. The van der Waals surface area contributed by atoms with Crippen molar-refractivity contribution in [3.8, 4) is 0 Å². The van der Waals surface area contributed by atoms with Gasteiger partial charge in [-0.1, -0.05) is 25.9 Å². The van der Waals surface area contributed by atoms with Crippen LogP contribution in [-0.4, -0.2) is 17.1 Å². The number of amides is 1. The normalized spacial score (nSPS) is 12.9. The monoisotopic (exact) mass is 224 g/mol. The Kier molecular flexibility index (Phi) is 4.10. The van der Waals surface area contributed by atoms with E-state index in [4.69, 9.17) is 4.52 Å². The van der Waals surface area contributed by atoms with Crippen molar-refractivity contribution in [3.63, 3.8) is 0 Å². The molecule has 1 atom stereocenters. The summed E-state index contributed by atoms with van der Waals surface area (Å²) >= 11 is 0. The maximum Gasteiger partial charge on any atom is 0.273 e. The van der Waals surface area contributed by atoms with E-state index in [0.717, 1.165) is 17.7 Å². The maximum absolute atomic E-state index is 11.9. The number of carbonyl (C=O) groups excluding carboxylic acids is 1. The predicted molar refractivity (Wildman–Crippen MR) is 62.4 cm³/mol. The first-order chi connectivity index (χ1) is 7.47. The van der Waals surface area contributed by atoms with E-state index in [1.54, 1.807) is 0 Å². The first-order valence-corrected chi connectivity index (χ1v) is 5.73. The molecule has 0 fully saturated rings. The van der Waals surface area contributed by atoms with Crippen LogP contribution in [0.2, 0.25) is 0 Å². The van der Waals surface area contributed by atoms with Gasteiger partial charge in [0, 0.05) is 18.0 Å². The average Bonchev–Trinajstić information content (AvgIpc) is 2.59.